The monoisotopic (exact) mass is 335 g/mol. The number of ether oxygens (including phenoxy) is 1. The van der Waals surface area contributed by atoms with Gasteiger partial charge in [-0.1, -0.05) is 0 Å². The van der Waals surface area contributed by atoms with Gasteiger partial charge >= 0.3 is 13.5 Å². The van der Waals surface area contributed by atoms with E-state index in [9.17, 15) is 14.5 Å². The molecule has 0 aromatic carbocycles. The van der Waals surface area contributed by atoms with Crippen LogP contribution in [0.15, 0.2) is 17.1 Å². The minimum atomic E-state index is -4.72. The first-order valence-corrected chi connectivity index (χ1v) is 8.01. The Morgan fingerprint density at radius 2 is 2.23 bits per heavy atom. The zero-order valence-electron chi connectivity index (χ0n) is 12.1. The highest BCUT2D eigenvalue weighted by Crippen LogP contribution is 2.43. The lowest BCUT2D eigenvalue weighted by atomic mass is 10.2. The second kappa shape index (κ2) is 6.45. The SMILES string of the molecule is CN(C)c1ccn([C@H]2C[C@H](OP(=O)(O)O)[C@@H](CO)O2)c(=O)n1. The molecule has 10 nitrogen and oxygen atoms in total. The zero-order valence-corrected chi connectivity index (χ0v) is 13.0. The van der Waals surface area contributed by atoms with Gasteiger partial charge in [0.15, 0.2) is 0 Å². The summed E-state index contributed by atoms with van der Waals surface area (Å²) in [4.78, 5) is 35.3. The van der Waals surface area contributed by atoms with E-state index < -0.39 is 38.6 Å². The minimum absolute atomic E-state index is 0.0131. The van der Waals surface area contributed by atoms with Crippen LogP contribution in [0.1, 0.15) is 12.6 Å². The lowest BCUT2D eigenvalue weighted by Crippen LogP contribution is -2.29. The summed E-state index contributed by atoms with van der Waals surface area (Å²) >= 11 is 0. The molecule has 1 saturated heterocycles. The fourth-order valence-electron chi connectivity index (χ4n) is 2.19. The van der Waals surface area contributed by atoms with E-state index in [1.54, 1.807) is 25.1 Å². The van der Waals surface area contributed by atoms with Gasteiger partial charge in [0.2, 0.25) is 0 Å². The maximum atomic E-state index is 12.0. The van der Waals surface area contributed by atoms with E-state index in [0.717, 1.165) is 0 Å². The highest BCUT2D eigenvalue weighted by atomic mass is 31.2. The molecule has 124 valence electrons. The third kappa shape index (κ3) is 3.92. The fraction of sp³-hybridized carbons (Fsp3) is 0.636. The number of rotatable bonds is 5. The molecule has 2 heterocycles. The molecule has 1 aliphatic rings. The maximum absolute atomic E-state index is 12.0. The number of phosphoric acid groups is 1. The van der Waals surface area contributed by atoms with E-state index in [2.05, 4.69) is 9.51 Å². The average molecular weight is 335 g/mol. The van der Waals surface area contributed by atoms with Crippen molar-refractivity contribution in [3.63, 3.8) is 0 Å². The van der Waals surface area contributed by atoms with Crippen molar-refractivity contribution in [1.82, 2.24) is 9.55 Å². The predicted molar refractivity (Wildman–Crippen MR) is 75.4 cm³/mol. The van der Waals surface area contributed by atoms with Crippen LogP contribution in [0.25, 0.3) is 0 Å². The van der Waals surface area contributed by atoms with Gasteiger partial charge in [0.25, 0.3) is 0 Å². The van der Waals surface area contributed by atoms with Crippen LogP contribution in [-0.4, -0.2) is 57.4 Å². The summed E-state index contributed by atoms with van der Waals surface area (Å²) in [6.07, 6.45) is -1.28. The minimum Gasteiger partial charge on any atom is -0.394 e. The van der Waals surface area contributed by atoms with Gasteiger partial charge in [-0.05, 0) is 6.07 Å². The topological polar surface area (TPSA) is 134 Å². The number of aliphatic hydroxyl groups is 1. The highest BCUT2D eigenvalue weighted by Gasteiger charge is 2.40. The zero-order chi connectivity index (χ0) is 16.5. The van der Waals surface area contributed by atoms with Crippen LogP contribution in [0, 0.1) is 0 Å². The molecule has 11 heteroatoms. The summed E-state index contributed by atoms with van der Waals surface area (Å²) in [5.74, 6) is 0.473. The molecular weight excluding hydrogens is 317 g/mol. The molecule has 0 amide bonds. The molecule has 1 aliphatic heterocycles. The summed E-state index contributed by atoms with van der Waals surface area (Å²) in [6, 6.07) is 1.61. The van der Waals surface area contributed by atoms with E-state index in [-0.39, 0.29) is 6.42 Å². The first kappa shape index (κ1) is 17.1. The Bertz CT molecular complexity index is 628. The summed E-state index contributed by atoms with van der Waals surface area (Å²) in [5, 5.41) is 9.22. The number of aromatic nitrogens is 2. The van der Waals surface area contributed by atoms with Crippen LogP contribution in [0.4, 0.5) is 5.82 Å². The molecule has 0 bridgehead atoms. The summed E-state index contributed by atoms with van der Waals surface area (Å²) in [6.45, 7) is -0.487. The van der Waals surface area contributed by atoms with Crippen molar-refractivity contribution in [2.45, 2.75) is 24.9 Å². The third-order valence-electron chi connectivity index (χ3n) is 3.22. The Balaban J connectivity index is 2.20. The van der Waals surface area contributed by atoms with Gasteiger partial charge in [-0.3, -0.25) is 9.09 Å². The molecule has 3 atom stereocenters. The van der Waals surface area contributed by atoms with Gasteiger partial charge in [0, 0.05) is 26.7 Å². The first-order valence-electron chi connectivity index (χ1n) is 6.48. The second-order valence-corrected chi connectivity index (χ2v) is 6.24. The Morgan fingerprint density at radius 3 is 2.73 bits per heavy atom. The molecule has 1 aromatic heterocycles. The van der Waals surface area contributed by atoms with Crippen LogP contribution in [0.2, 0.25) is 0 Å². The Morgan fingerprint density at radius 1 is 1.55 bits per heavy atom. The molecular formula is C11H18N3O7P. The predicted octanol–water partition coefficient (Wildman–Crippen LogP) is -0.933. The quantitative estimate of drug-likeness (QED) is 0.583. The molecule has 3 N–H and O–H groups in total. The smallest absolute Gasteiger partial charge is 0.394 e. The number of aliphatic hydroxyl groups excluding tert-OH is 1. The summed E-state index contributed by atoms with van der Waals surface area (Å²) in [7, 11) is -1.24. The van der Waals surface area contributed by atoms with E-state index in [1.165, 1.54) is 10.8 Å². The standard InChI is InChI=1S/C11H18N3O7P/c1-13(2)9-3-4-14(11(16)12-9)10-5-7(8(6-15)20-10)21-22(17,18)19/h3-4,7-8,10,15H,5-6H2,1-2H3,(H2,17,18,19)/t7-,8+,10+/m0/s1. The molecule has 0 aliphatic carbocycles. The number of hydrogen-bond acceptors (Lipinski definition) is 7. The van der Waals surface area contributed by atoms with Crippen molar-refractivity contribution in [2.24, 2.45) is 0 Å². The molecule has 0 saturated carbocycles. The lowest BCUT2D eigenvalue weighted by Gasteiger charge is -2.16. The van der Waals surface area contributed by atoms with Crippen molar-refractivity contribution in [3.05, 3.63) is 22.7 Å². The molecule has 1 aromatic rings. The third-order valence-corrected chi connectivity index (χ3v) is 3.76. The molecule has 0 radical (unpaired) electrons. The van der Waals surface area contributed by atoms with Crippen LogP contribution in [0.5, 0.6) is 0 Å². The van der Waals surface area contributed by atoms with Gasteiger partial charge in [0.05, 0.1) is 6.61 Å². The van der Waals surface area contributed by atoms with Gasteiger partial charge in [-0.2, -0.15) is 4.98 Å². The molecule has 1 fully saturated rings. The van der Waals surface area contributed by atoms with E-state index in [0.29, 0.717) is 5.82 Å². The molecule has 22 heavy (non-hydrogen) atoms. The van der Waals surface area contributed by atoms with Crippen molar-refractivity contribution < 1.29 is 28.7 Å². The Labute approximate surface area is 126 Å². The lowest BCUT2D eigenvalue weighted by molar-refractivity contribution is -0.0452. The average Bonchev–Trinajstić information content (AvgIpc) is 2.78. The van der Waals surface area contributed by atoms with Crippen LogP contribution >= 0.6 is 7.82 Å². The van der Waals surface area contributed by atoms with E-state index >= 15 is 0 Å². The van der Waals surface area contributed by atoms with Crippen molar-refractivity contribution in [2.75, 3.05) is 25.6 Å². The largest absolute Gasteiger partial charge is 0.469 e. The van der Waals surface area contributed by atoms with Crippen molar-refractivity contribution >= 4 is 13.6 Å². The van der Waals surface area contributed by atoms with Crippen LogP contribution in [-0.2, 0) is 13.8 Å². The van der Waals surface area contributed by atoms with Gasteiger partial charge in [0.1, 0.15) is 24.3 Å². The van der Waals surface area contributed by atoms with E-state index in [1.807, 2.05) is 0 Å². The number of phosphoric ester groups is 1. The Hall–Kier alpha value is -1.29. The summed E-state index contributed by atoms with van der Waals surface area (Å²) in [5.41, 5.74) is -0.565. The molecule has 0 spiro atoms. The van der Waals surface area contributed by atoms with Crippen molar-refractivity contribution in [3.8, 4) is 0 Å². The number of hydrogen-bond donors (Lipinski definition) is 3. The van der Waals surface area contributed by atoms with Gasteiger partial charge < -0.3 is 24.5 Å². The Kier molecular flexibility index (Phi) is 5.00. The van der Waals surface area contributed by atoms with E-state index in [4.69, 9.17) is 14.5 Å². The first-order chi connectivity index (χ1) is 10.2. The number of anilines is 1. The molecule has 2 rings (SSSR count). The van der Waals surface area contributed by atoms with Gasteiger partial charge in [-0.25, -0.2) is 9.36 Å². The van der Waals surface area contributed by atoms with Crippen molar-refractivity contribution in [1.29, 1.82) is 0 Å². The van der Waals surface area contributed by atoms with Crippen LogP contribution < -0.4 is 10.6 Å². The number of nitrogens with zero attached hydrogens (tertiary/aromatic N) is 3. The highest BCUT2D eigenvalue weighted by molar-refractivity contribution is 7.46. The normalized spacial score (nSPS) is 25.4. The maximum Gasteiger partial charge on any atom is 0.469 e. The summed E-state index contributed by atoms with van der Waals surface area (Å²) < 4.78 is 22.1. The fourth-order valence-corrected chi connectivity index (χ4v) is 2.77. The van der Waals surface area contributed by atoms with Gasteiger partial charge in [-0.15, -0.1) is 0 Å². The second-order valence-electron chi connectivity index (χ2n) is 5.05. The molecule has 0 unspecified atom stereocenters. The van der Waals surface area contributed by atoms with Crippen LogP contribution in [0.3, 0.4) is 0 Å².